The minimum atomic E-state index is -0.671. The molecule has 8 nitrogen and oxygen atoms in total. The second-order valence-electron chi connectivity index (χ2n) is 7.59. The predicted octanol–water partition coefficient (Wildman–Crippen LogP) is 3.10. The first-order valence-corrected chi connectivity index (χ1v) is 10.5. The Bertz CT molecular complexity index is 1120. The summed E-state index contributed by atoms with van der Waals surface area (Å²) in [6.07, 6.45) is 3.59. The van der Waals surface area contributed by atoms with Crippen molar-refractivity contribution < 1.29 is 28.3 Å². The van der Waals surface area contributed by atoms with Gasteiger partial charge in [-0.2, -0.15) is 0 Å². The van der Waals surface area contributed by atoms with E-state index in [4.69, 9.17) is 13.9 Å². The zero-order valence-corrected chi connectivity index (χ0v) is 18.5. The summed E-state index contributed by atoms with van der Waals surface area (Å²) in [6.45, 7) is 1.83. The molecule has 3 aromatic rings. The zero-order chi connectivity index (χ0) is 23.1. The average Bonchev–Trinajstić information content (AvgIpc) is 3.19. The summed E-state index contributed by atoms with van der Waals surface area (Å²) in [5, 5.41) is 8.41. The second kappa shape index (κ2) is 10.7. The molecule has 0 aliphatic carbocycles. The lowest BCUT2D eigenvalue weighted by molar-refractivity contribution is -0.145. The molecule has 0 aliphatic rings. The van der Waals surface area contributed by atoms with Crippen LogP contribution >= 0.6 is 0 Å². The van der Waals surface area contributed by atoms with Gasteiger partial charge in [-0.3, -0.25) is 9.59 Å². The number of ether oxygens (including phenoxy) is 2. The lowest BCUT2D eigenvalue weighted by Crippen LogP contribution is -2.40. The monoisotopic (exact) mass is 440 g/mol. The number of nitrogens with one attached hydrogen (secondary N) is 2. The molecule has 2 N–H and O–H groups in total. The number of hydrogen-bond donors (Lipinski definition) is 2. The van der Waals surface area contributed by atoms with Crippen LogP contribution in [0.25, 0.3) is 21.7 Å². The number of rotatable bonds is 10. The molecule has 0 bridgehead atoms. The molecular weight excluding hydrogens is 412 g/mol. The molecule has 0 saturated carbocycles. The molecule has 0 unspecified atom stereocenters. The standard InChI is InChI=1S/C24H28N2O6/c1-15(27)26-20(24(29)31-3)6-4-5-11-25-22(28)12-17-14-32-21-10-8-16-7-9-18(30-2)13-19(16)23(17)21/h7-10,13-14,20H,4-6,11-12H2,1-3H3,(H,25,28)(H,26,27)/t20-/m0/s1. The zero-order valence-electron chi connectivity index (χ0n) is 18.5. The van der Waals surface area contributed by atoms with Crippen LogP contribution in [0.4, 0.5) is 0 Å². The fourth-order valence-corrected chi connectivity index (χ4v) is 3.73. The molecule has 1 heterocycles. The summed E-state index contributed by atoms with van der Waals surface area (Å²) in [7, 11) is 2.91. The van der Waals surface area contributed by atoms with Gasteiger partial charge in [0.05, 0.1) is 26.9 Å². The van der Waals surface area contributed by atoms with Crippen LogP contribution in [0, 0.1) is 0 Å². The highest BCUT2D eigenvalue weighted by Crippen LogP contribution is 2.32. The minimum absolute atomic E-state index is 0.112. The molecule has 0 spiro atoms. The molecule has 3 rings (SSSR count). The highest BCUT2D eigenvalue weighted by Gasteiger charge is 2.19. The van der Waals surface area contributed by atoms with E-state index in [0.717, 1.165) is 33.1 Å². The molecule has 0 saturated heterocycles. The molecule has 0 fully saturated rings. The third-order valence-electron chi connectivity index (χ3n) is 5.30. The van der Waals surface area contributed by atoms with E-state index in [1.54, 1.807) is 13.4 Å². The Kier molecular flexibility index (Phi) is 7.70. The van der Waals surface area contributed by atoms with Crippen LogP contribution in [-0.2, 0) is 25.5 Å². The van der Waals surface area contributed by atoms with Crippen molar-refractivity contribution in [3.63, 3.8) is 0 Å². The Morgan fingerprint density at radius 3 is 2.59 bits per heavy atom. The van der Waals surface area contributed by atoms with Gasteiger partial charge in [0, 0.05) is 24.4 Å². The molecule has 170 valence electrons. The lowest BCUT2D eigenvalue weighted by atomic mass is 10.0. The number of esters is 1. The van der Waals surface area contributed by atoms with E-state index in [1.165, 1.54) is 14.0 Å². The summed E-state index contributed by atoms with van der Waals surface area (Å²) in [5.41, 5.74) is 1.54. The van der Waals surface area contributed by atoms with E-state index in [2.05, 4.69) is 10.6 Å². The molecule has 1 atom stereocenters. The number of unbranched alkanes of at least 4 members (excludes halogenated alkanes) is 1. The van der Waals surface area contributed by atoms with E-state index in [-0.39, 0.29) is 18.2 Å². The molecule has 8 heteroatoms. The van der Waals surface area contributed by atoms with Crippen LogP contribution in [0.3, 0.4) is 0 Å². The maximum Gasteiger partial charge on any atom is 0.328 e. The normalized spacial score (nSPS) is 11.8. The maximum absolute atomic E-state index is 12.5. The minimum Gasteiger partial charge on any atom is -0.497 e. The Hall–Kier alpha value is -3.55. The smallest absolute Gasteiger partial charge is 0.328 e. The number of methoxy groups -OCH3 is 2. The molecule has 0 aliphatic heterocycles. The number of carbonyl (C=O) groups is 3. The fraction of sp³-hybridized carbons (Fsp3) is 0.375. The summed E-state index contributed by atoms with van der Waals surface area (Å²) >= 11 is 0. The number of carbonyl (C=O) groups excluding carboxylic acids is 3. The van der Waals surface area contributed by atoms with Gasteiger partial charge < -0.3 is 24.5 Å². The van der Waals surface area contributed by atoms with Crippen molar-refractivity contribution in [3.8, 4) is 5.75 Å². The van der Waals surface area contributed by atoms with Gasteiger partial charge in [0.15, 0.2) is 0 Å². The van der Waals surface area contributed by atoms with Crippen molar-refractivity contribution in [2.75, 3.05) is 20.8 Å². The van der Waals surface area contributed by atoms with Crippen molar-refractivity contribution in [3.05, 3.63) is 42.2 Å². The highest BCUT2D eigenvalue weighted by atomic mass is 16.5. The van der Waals surface area contributed by atoms with E-state index >= 15 is 0 Å². The first-order valence-electron chi connectivity index (χ1n) is 10.5. The van der Waals surface area contributed by atoms with Gasteiger partial charge in [0.1, 0.15) is 17.4 Å². The van der Waals surface area contributed by atoms with Crippen molar-refractivity contribution in [1.82, 2.24) is 10.6 Å². The largest absolute Gasteiger partial charge is 0.497 e. The van der Waals surface area contributed by atoms with Gasteiger partial charge in [-0.15, -0.1) is 0 Å². The third kappa shape index (κ3) is 5.57. The van der Waals surface area contributed by atoms with Gasteiger partial charge >= 0.3 is 5.97 Å². The first kappa shape index (κ1) is 23.1. The molecule has 2 aromatic carbocycles. The number of amides is 2. The van der Waals surface area contributed by atoms with Crippen LogP contribution in [0.15, 0.2) is 41.0 Å². The topological polar surface area (TPSA) is 107 Å². The Morgan fingerprint density at radius 1 is 1.09 bits per heavy atom. The van der Waals surface area contributed by atoms with Gasteiger partial charge in [0.2, 0.25) is 11.8 Å². The number of benzene rings is 2. The quantitative estimate of drug-likeness (QED) is 0.371. The predicted molar refractivity (Wildman–Crippen MR) is 120 cm³/mol. The number of fused-ring (bicyclic) bond motifs is 3. The van der Waals surface area contributed by atoms with Gasteiger partial charge in [0.25, 0.3) is 0 Å². The number of hydrogen-bond acceptors (Lipinski definition) is 6. The van der Waals surface area contributed by atoms with E-state index < -0.39 is 12.0 Å². The maximum atomic E-state index is 12.5. The summed E-state index contributed by atoms with van der Waals surface area (Å²) in [4.78, 5) is 35.4. The molecule has 1 aromatic heterocycles. The fourth-order valence-electron chi connectivity index (χ4n) is 3.73. The van der Waals surface area contributed by atoms with Crippen LogP contribution in [0.1, 0.15) is 31.7 Å². The average molecular weight is 440 g/mol. The van der Waals surface area contributed by atoms with Crippen molar-refractivity contribution in [2.45, 2.75) is 38.6 Å². The first-order chi connectivity index (χ1) is 15.4. The van der Waals surface area contributed by atoms with Crippen molar-refractivity contribution in [2.24, 2.45) is 0 Å². The molecular formula is C24H28N2O6. The van der Waals surface area contributed by atoms with Crippen molar-refractivity contribution >= 4 is 39.5 Å². The van der Waals surface area contributed by atoms with Crippen LogP contribution in [0.2, 0.25) is 0 Å². The summed E-state index contributed by atoms with van der Waals surface area (Å²) in [6, 6.07) is 9.03. The van der Waals surface area contributed by atoms with Crippen LogP contribution < -0.4 is 15.4 Å². The van der Waals surface area contributed by atoms with E-state index in [1.807, 2.05) is 30.3 Å². The molecule has 2 amide bonds. The molecule has 32 heavy (non-hydrogen) atoms. The Morgan fingerprint density at radius 2 is 1.88 bits per heavy atom. The van der Waals surface area contributed by atoms with Crippen molar-refractivity contribution in [1.29, 1.82) is 0 Å². The Balaban J connectivity index is 1.57. The lowest BCUT2D eigenvalue weighted by Gasteiger charge is -2.15. The SMILES string of the molecule is COC(=O)[C@H](CCCCNC(=O)Cc1coc2ccc3ccc(OC)cc3c12)NC(C)=O. The summed E-state index contributed by atoms with van der Waals surface area (Å²) in [5.74, 6) is -0.129. The summed E-state index contributed by atoms with van der Waals surface area (Å²) < 4.78 is 15.7. The third-order valence-corrected chi connectivity index (χ3v) is 5.30. The second-order valence-corrected chi connectivity index (χ2v) is 7.59. The highest BCUT2D eigenvalue weighted by molar-refractivity contribution is 6.08. The van der Waals surface area contributed by atoms with Gasteiger partial charge in [-0.05, 0) is 48.2 Å². The van der Waals surface area contributed by atoms with Gasteiger partial charge in [-0.1, -0.05) is 12.1 Å². The Labute approximate surface area is 186 Å². The van der Waals surface area contributed by atoms with E-state index in [0.29, 0.717) is 25.8 Å². The van der Waals surface area contributed by atoms with E-state index in [9.17, 15) is 14.4 Å². The molecule has 0 radical (unpaired) electrons. The van der Waals surface area contributed by atoms with Gasteiger partial charge in [-0.25, -0.2) is 4.79 Å². The van der Waals surface area contributed by atoms with Crippen LogP contribution in [-0.4, -0.2) is 44.6 Å². The number of furan rings is 1. The van der Waals surface area contributed by atoms with Crippen LogP contribution in [0.5, 0.6) is 5.75 Å².